The number of carbonyl (C=O) groups excluding carboxylic acids is 2. The molecule has 1 aliphatic carbocycles. The van der Waals surface area contributed by atoms with Crippen LogP contribution in [-0.2, 0) is 4.79 Å². The van der Waals surface area contributed by atoms with Gasteiger partial charge in [0, 0.05) is 24.2 Å². The van der Waals surface area contributed by atoms with E-state index in [0.717, 1.165) is 12.1 Å². The number of benzene rings is 2. The molecule has 0 bridgehead atoms. The average molecular weight is 534 g/mol. The topological polar surface area (TPSA) is 58.2 Å². The van der Waals surface area contributed by atoms with Crippen LogP contribution in [0.25, 0.3) is 0 Å². The molecule has 1 saturated carbocycles. The van der Waals surface area contributed by atoms with Gasteiger partial charge in [0.25, 0.3) is 5.91 Å². The van der Waals surface area contributed by atoms with Crippen molar-refractivity contribution < 1.29 is 35.9 Å². The lowest BCUT2D eigenvalue weighted by Crippen LogP contribution is -2.34. The number of alkyl halides is 5. The Bertz CT molecular complexity index is 1110. The molecule has 2 N–H and O–H groups in total. The van der Waals surface area contributed by atoms with Gasteiger partial charge in [-0.05, 0) is 23.8 Å². The lowest BCUT2D eigenvalue weighted by atomic mass is 10.00. The maximum Gasteiger partial charge on any atom is 0.405 e. The monoisotopic (exact) mass is 532 g/mol. The molecule has 1 aliphatic rings. The summed E-state index contributed by atoms with van der Waals surface area (Å²) in [6.45, 7) is -2.08. The molecule has 1 fully saturated rings. The largest absolute Gasteiger partial charge is 0.405 e. The van der Waals surface area contributed by atoms with Crippen LogP contribution in [-0.4, -0.2) is 35.8 Å². The zero-order valence-corrected chi connectivity index (χ0v) is 18.4. The van der Waals surface area contributed by atoms with Crippen LogP contribution in [0, 0.1) is 22.9 Å². The van der Waals surface area contributed by atoms with Crippen molar-refractivity contribution in [2.75, 3.05) is 18.4 Å². The summed E-state index contributed by atoms with van der Waals surface area (Å²) in [4.78, 5) is 23.8. The van der Waals surface area contributed by atoms with Gasteiger partial charge in [-0.15, -0.1) is 0 Å². The Balaban J connectivity index is 1.83. The van der Waals surface area contributed by atoms with E-state index in [1.54, 1.807) is 0 Å². The van der Waals surface area contributed by atoms with Crippen molar-refractivity contribution in [2.24, 2.45) is 5.41 Å². The van der Waals surface area contributed by atoms with Gasteiger partial charge in [0.1, 0.15) is 23.0 Å². The molecule has 13 heteroatoms. The first-order valence-corrected chi connectivity index (χ1v) is 10.2. The highest BCUT2D eigenvalue weighted by atomic mass is 35.5. The van der Waals surface area contributed by atoms with Crippen LogP contribution >= 0.6 is 34.8 Å². The van der Waals surface area contributed by atoms with Crippen LogP contribution in [0.4, 0.5) is 32.0 Å². The second kappa shape index (κ2) is 8.88. The van der Waals surface area contributed by atoms with Gasteiger partial charge in [-0.1, -0.05) is 40.9 Å². The Morgan fingerprint density at radius 3 is 2.33 bits per heavy atom. The summed E-state index contributed by atoms with van der Waals surface area (Å²) in [5.74, 6) is -6.22. The van der Waals surface area contributed by atoms with Gasteiger partial charge in [0.15, 0.2) is 11.6 Å². The number of nitrogens with one attached hydrogen (secondary N) is 2. The molecular weight excluding hydrogens is 521 g/mol. The normalized spacial score (nSPS) is 21.4. The summed E-state index contributed by atoms with van der Waals surface area (Å²) < 4.78 is 76.7. The van der Waals surface area contributed by atoms with E-state index in [2.05, 4.69) is 5.32 Å². The predicted molar refractivity (Wildman–Crippen MR) is 110 cm³/mol. The number of halogens is 9. The fourth-order valence-electron chi connectivity index (χ4n) is 3.46. The SMILES string of the molecule is O=CC1(CNc2cc(F)c(F)c(C(=O)NCC(F)(F)F)c2)C(c2ccc(F)c(Cl)c2)C1(Cl)Cl. The molecule has 2 aromatic rings. The summed E-state index contributed by atoms with van der Waals surface area (Å²) in [5, 5.41) is 3.81. The minimum atomic E-state index is -4.76. The molecule has 2 aromatic carbocycles. The Labute approximate surface area is 198 Å². The van der Waals surface area contributed by atoms with Crippen molar-refractivity contribution in [1.29, 1.82) is 0 Å². The van der Waals surface area contributed by atoms with E-state index in [-0.39, 0.29) is 17.3 Å². The molecule has 0 aromatic heterocycles. The molecule has 3 rings (SSSR count). The van der Waals surface area contributed by atoms with Gasteiger partial charge < -0.3 is 15.4 Å². The molecule has 1 amide bonds. The fourth-order valence-corrected chi connectivity index (χ4v) is 4.63. The fraction of sp³-hybridized carbons (Fsp3) is 0.300. The van der Waals surface area contributed by atoms with Crippen LogP contribution < -0.4 is 10.6 Å². The summed E-state index contributed by atoms with van der Waals surface area (Å²) in [6.07, 6.45) is -4.32. The Morgan fingerprint density at radius 2 is 1.76 bits per heavy atom. The third-order valence-electron chi connectivity index (χ3n) is 5.21. The van der Waals surface area contributed by atoms with Crippen LogP contribution in [0.2, 0.25) is 5.02 Å². The van der Waals surface area contributed by atoms with Crippen molar-refractivity contribution >= 4 is 52.7 Å². The van der Waals surface area contributed by atoms with Crippen LogP contribution in [0.5, 0.6) is 0 Å². The van der Waals surface area contributed by atoms with Crippen molar-refractivity contribution in [1.82, 2.24) is 5.32 Å². The highest BCUT2D eigenvalue weighted by Gasteiger charge is 2.76. The minimum Gasteiger partial charge on any atom is -0.384 e. The van der Waals surface area contributed by atoms with Gasteiger partial charge in [-0.3, -0.25) is 4.79 Å². The molecule has 178 valence electrons. The van der Waals surface area contributed by atoms with Crippen molar-refractivity contribution in [3.8, 4) is 0 Å². The number of anilines is 1. The lowest BCUT2D eigenvalue weighted by Gasteiger charge is -2.15. The smallest absolute Gasteiger partial charge is 0.384 e. The van der Waals surface area contributed by atoms with E-state index in [1.807, 2.05) is 0 Å². The summed E-state index contributed by atoms with van der Waals surface area (Å²) in [6, 6.07) is 5.05. The lowest BCUT2D eigenvalue weighted by molar-refractivity contribution is -0.123. The summed E-state index contributed by atoms with van der Waals surface area (Å²) in [7, 11) is 0. The van der Waals surface area contributed by atoms with E-state index in [1.165, 1.54) is 17.4 Å². The maximum absolute atomic E-state index is 14.0. The molecule has 4 nitrogen and oxygen atoms in total. The number of carbonyl (C=O) groups is 2. The number of rotatable bonds is 7. The molecule has 33 heavy (non-hydrogen) atoms. The zero-order valence-electron chi connectivity index (χ0n) is 16.2. The third-order valence-corrected chi connectivity index (χ3v) is 6.64. The van der Waals surface area contributed by atoms with Crippen molar-refractivity contribution in [3.05, 3.63) is 63.9 Å². The molecule has 0 saturated heterocycles. The van der Waals surface area contributed by atoms with Crippen molar-refractivity contribution in [2.45, 2.75) is 16.4 Å². The standard InChI is InChI=1S/C20H13Cl3F6N2O2/c21-12-3-9(1-2-13(12)24)16-18(8-32,20(16,22)23)6-30-10-4-11(15(26)14(25)5-10)17(33)31-7-19(27,28)29/h1-5,8,16,30H,6-7H2,(H,31,33). The quantitative estimate of drug-likeness (QED) is 0.276. The number of hydrogen-bond acceptors (Lipinski definition) is 3. The van der Waals surface area contributed by atoms with Gasteiger partial charge in [-0.25, -0.2) is 13.2 Å². The van der Waals surface area contributed by atoms with Gasteiger partial charge in [0.2, 0.25) is 0 Å². The van der Waals surface area contributed by atoms with Crippen LogP contribution in [0.1, 0.15) is 21.8 Å². The Morgan fingerprint density at radius 1 is 1.09 bits per heavy atom. The summed E-state index contributed by atoms with van der Waals surface area (Å²) >= 11 is 18.4. The minimum absolute atomic E-state index is 0.223. The van der Waals surface area contributed by atoms with Crippen LogP contribution in [0.3, 0.4) is 0 Å². The second-order valence-corrected chi connectivity index (χ2v) is 9.15. The first kappa shape index (κ1) is 25.5. The summed E-state index contributed by atoms with van der Waals surface area (Å²) in [5.41, 5.74) is -2.36. The van der Waals surface area contributed by atoms with Crippen molar-refractivity contribution in [3.63, 3.8) is 0 Å². The van der Waals surface area contributed by atoms with Crippen LogP contribution in [0.15, 0.2) is 30.3 Å². The third kappa shape index (κ3) is 4.88. The molecule has 2 unspecified atom stereocenters. The Kier molecular flexibility index (Phi) is 6.85. The van der Waals surface area contributed by atoms with E-state index in [4.69, 9.17) is 34.8 Å². The zero-order chi connectivity index (χ0) is 24.8. The maximum atomic E-state index is 14.0. The predicted octanol–water partition coefficient (Wildman–Crippen LogP) is 5.62. The number of aldehydes is 1. The van der Waals surface area contributed by atoms with E-state index < -0.39 is 57.3 Å². The molecule has 0 heterocycles. The second-order valence-electron chi connectivity index (χ2n) is 7.36. The van der Waals surface area contributed by atoms with Gasteiger partial charge >= 0.3 is 6.18 Å². The number of hydrogen-bond donors (Lipinski definition) is 2. The highest BCUT2D eigenvalue weighted by Crippen LogP contribution is 2.73. The molecular formula is C20H13Cl3F6N2O2. The first-order valence-electron chi connectivity index (χ1n) is 9.10. The average Bonchev–Trinajstić information content (AvgIpc) is 3.23. The van der Waals surface area contributed by atoms with Gasteiger partial charge in [0.05, 0.1) is 16.0 Å². The van der Waals surface area contributed by atoms with E-state index in [9.17, 15) is 35.9 Å². The molecule has 2 atom stereocenters. The molecule has 0 aliphatic heterocycles. The van der Waals surface area contributed by atoms with E-state index >= 15 is 0 Å². The number of amides is 1. The van der Waals surface area contributed by atoms with Gasteiger partial charge in [-0.2, -0.15) is 13.2 Å². The van der Waals surface area contributed by atoms with E-state index in [0.29, 0.717) is 17.9 Å². The highest BCUT2D eigenvalue weighted by molar-refractivity contribution is 6.54. The first-order chi connectivity index (χ1) is 15.2. The molecule has 0 radical (unpaired) electrons. The molecule has 0 spiro atoms. The Hall–Kier alpha value is -2.17.